The Morgan fingerprint density at radius 1 is 0.905 bits per heavy atom. The first-order chi connectivity index (χ1) is 9.99. The van der Waals surface area contributed by atoms with Crippen molar-refractivity contribution in [3.63, 3.8) is 0 Å². The third-order valence-corrected chi connectivity index (χ3v) is 3.27. The van der Waals surface area contributed by atoms with Crippen LogP contribution in [-0.2, 0) is 0 Å². The van der Waals surface area contributed by atoms with Crippen molar-refractivity contribution >= 4 is 5.69 Å². The molecule has 0 spiro atoms. The minimum atomic E-state index is -1.45. The number of anilines is 1. The second kappa shape index (κ2) is 6.66. The average Bonchev–Trinajstić information content (AvgIpc) is 2.47. The molecule has 1 unspecified atom stereocenters. The standard InChI is InChI=1S/C17H18F3N/c1-11(2)10-15(12-6-4-3-5-7-12)21-14-9-8-13(18)16(19)17(14)20/h3-9,11,15,21H,10H2,1-2H3. The first kappa shape index (κ1) is 15.4. The molecule has 0 aliphatic carbocycles. The van der Waals surface area contributed by atoms with Gasteiger partial charge in [0.05, 0.1) is 11.7 Å². The van der Waals surface area contributed by atoms with Crippen molar-refractivity contribution in [2.75, 3.05) is 5.32 Å². The molecule has 2 aromatic carbocycles. The number of benzene rings is 2. The quantitative estimate of drug-likeness (QED) is 0.737. The largest absolute Gasteiger partial charge is 0.376 e. The van der Waals surface area contributed by atoms with E-state index in [4.69, 9.17) is 0 Å². The lowest BCUT2D eigenvalue weighted by atomic mass is 9.96. The van der Waals surface area contributed by atoms with Crippen LogP contribution in [0.25, 0.3) is 0 Å². The molecule has 1 atom stereocenters. The fourth-order valence-electron chi connectivity index (χ4n) is 2.26. The Bertz CT molecular complexity index is 596. The van der Waals surface area contributed by atoms with Crippen molar-refractivity contribution in [2.24, 2.45) is 5.92 Å². The predicted molar refractivity (Wildman–Crippen MR) is 78.6 cm³/mol. The van der Waals surface area contributed by atoms with Crippen LogP contribution in [0, 0.1) is 23.4 Å². The Kier molecular flexibility index (Phi) is 4.89. The Balaban J connectivity index is 2.29. The number of hydrogen-bond donors (Lipinski definition) is 1. The van der Waals surface area contributed by atoms with E-state index in [0.717, 1.165) is 18.1 Å². The van der Waals surface area contributed by atoms with Crippen molar-refractivity contribution in [3.05, 3.63) is 65.5 Å². The molecule has 0 saturated carbocycles. The monoisotopic (exact) mass is 293 g/mol. The minimum Gasteiger partial charge on any atom is -0.376 e. The van der Waals surface area contributed by atoms with E-state index in [1.165, 1.54) is 6.07 Å². The maximum absolute atomic E-state index is 13.8. The highest BCUT2D eigenvalue weighted by molar-refractivity contribution is 5.47. The Morgan fingerprint density at radius 2 is 1.57 bits per heavy atom. The van der Waals surface area contributed by atoms with Crippen LogP contribution in [0.2, 0.25) is 0 Å². The lowest BCUT2D eigenvalue weighted by molar-refractivity contribution is 0.447. The first-order valence-electron chi connectivity index (χ1n) is 6.94. The van der Waals surface area contributed by atoms with Gasteiger partial charge in [-0.3, -0.25) is 0 Å². The van der Waals surface area contributed by atoms with Crippen LogP contribution in [0.3, 0.4) is 0 Å². The molecule has 0 fully saturated rings. The summed E-state index contributed by atoms with van der Waals surface area (Å²) in [4.78, 5) is 0. The third kappa shape index (κ3) is 3.78. The fraction of sp³-hybridized carbons (Fsp3) is 0.294. The van der Waals surface area contributed by atoms with Crippen molar-refractivity contribution < 1.29 is 13.2 Å². The van der Waals surface area contributed by atoms with E-state index in [1.807, 2.05) is 30.3 Å². The van der Waals surface area contributed by atoms with Gasteiger partial charge in [0, 0.05) is 0 Å². The van der Waals surface area contributed by atoms with Gasteiger partial charge in [-0.15, -0.1) is 0 Å². The van der Waals surface area contributed by atoms with Crippen molar-refractivity contribution in [1.29, 1.82) is 0 Å². The molecule has 0 aliphatic rings. The van der Waals surface area contributed by atoms with Crippen LogP contribution >= 0.6 is 0 Å². The highest BCUT2D eigenvalue weighted by atomic mass is 19.2. The number of hydrogen-bond acceptors (Lipinski definition) is 1. The second-order valence-electron chi connectivity index (χ2n) is 5.46. The van der Waals surface area contributed by atoms with Crippen molar-refractivity contribution in [1.82, 2.24) is 0 Å². The molecule has 0 radical (unpaired) electrons. The maximum Gasteiger partial charge on any atom is 0.196 e. The summed E-state index contributed by atoms with van der Waals surface area (Å²) in [5.41, 5.74) is 0.957. The van der Waals surface area contributed by atoms with Gasteiger partial charge in [0.1, 0.15) is 0 Å². The molecule has 1 nitrogen and oxygen atoms in total. The third-order valence-electron chi connectivity index (χ3n) is 3.27. The fourth-order valence-corrected chi connectivity index (χ4v) is 2.26. The van der Waals surface area contributed by atoms with Gasteiger partial charge in [0.15, 0.2) is 17.5 Å². The van der Waals surface area contributed by atoms with Gasteiger partial charge in [-0.25, -0.2) is 13.2 Å². The summed E-state index contributed by atoms with van der Waals surface area (Å²) in [7, 11) is 0. The second-order valence-corrected chi connectivity index (χ2v) is 5.46. The van der Waals surface area contributed by atoms with Crippen LogP contribution in [-0.4, -0.2) is 0 Å². The lowest BCUT2D eigenvalue weighted by Gasteiger charge is -2.22. The molecule has 2 rings (SSSR count). The van der Waals surface area contributed by atoms with Crippen LogP contribution in [0.5, 0.6) is 0 Å². The molecule has 0 aromatic heterocycles. The van der Waals surface area contributed by atoms with Crippen LogP contribution in [0.4, 0.5) is 18.9 Å². The summed E-state index contributed by atoms with van der Waals surface area (Å²) in [6, 6.07) is 11.5. The van der Waals surface area contributed by atoms with E-state index in [0.29, 0.717) is 5.92 Å². The highest BCUT2D eigenvalue weighted by Gasteiger charge is 2.18. The Morgan fingerprint density at radius 3 is 2.19 bits per heavy atom. The lowest BCUT2D eigenvalue weighted by Crippen LogP contribution is -2.15. The normalized spacial score (nSPS) is 12.5. The molecule has 0 heterocycles. The summed E-state index contributed by atoms with van der Waals surface area (Å²) in [5, 5.41) is 2.98. The molecule has 0 bridgehead atoms. The topological polar surface area (TPSA) is 12.0 Å². The molecular weight excluding hydrogens is 275 g/mol. The van der Waals surface area contributed by atoms with E-state index in [-0.39, 0.29) is 11.7 Å². The molecule has 0 amide bonds. The van der Waals surface area contributed by atoms with Gasteiger partial charge < -0.3 is 5.32 Å². The smallest absolute Gasteiger partial charge is 0.196 e. The Hall–Kier alpha value is -1.97. The van der Waals surface area contributed by atoms with E-state index in [1.54, 1.807) is 0 Å². The molecule has 0 saturated heterocycles. The molecule has 21 heavy (non-hydrogen) atoms. The van der Waals surface area contributed by atoms with Crippen molar-refractivity contribution in [2.45, 2.75) is 26.3 Å². The molecule has 0 aliphatic heterocycles. The molecule has 4 heteroatoms. The number of nitrogens with one attached hydrogen (secondary N) is 1. The SMILES string of the molecule is CC(C)CC(Nc1ccc(F)c(F)c1F)c1ccccc1. The number of rotatable bonds is 5. The van der Waals surface area contributed by atoms with Gasteiger partial charge in [-0.2, -0.15) is 0 Å². The summed E-state index contributed by atoms with van der Waals surface area (Å²) < 4.78 is 40.1. The van der Waals surface area contributed by atoms with Crippen LogP contribution < -0.4 is 5.32 Å². The maximum atomic E-state index is 13.8. The van der Waals surface area contributed by atoms with Crippen LogP contribution in [0.1, 0.15) is 31.9 Å². The first-order valence-corrected chi connectivity index (χ1v) is 6.94. The molecule has 1 N–H and O–H groups in total. The minimum absolute atomic E-state index is 0.0246. The van der Waals surface area contributed by atoms with Gasteiger partial charge in [-0.1, -0.05) is 44.2 Å². The van der Waals surface area contributed by atoms with E-state index < -0.39 is 17.5 Å². The Labute approximate surface area is 122 Å². The summed E-state index contributed by atoms with van der Waals surface area (Å²) in [6.45, 7) is 4.11. The molecular formula is C17H18F3N. The summed E-state index contributed by atoms with van der Waals surface area (Å²) in [5.74, 6) is -3.44. The zero-order valence-electron chi connectivity index (χ0n) is 12.0. The van der Waals surface area contributed by atoms with Gasteiger partial charge in [0.25, 0.3) is 0 Å². The van der Waals surface area contributed by atoms with E-state index in [9.17, 15) is 13.2 Å². The van der Waals surface area contributed by atoms with Crippen molar-refractivity contribution in [3.8, 4) is 0 Å². The number of halogens is 3. The zero-order valence-corrected chi connectivity index (χ0v) is 12.0. The van der Waals surface area contributed by atoms with Gasteiger partial charge in [0.2, 0.25) is 0 Å². The van der Waals surface area contributed by atoms with Crippen LogP contribution in [0.15, 0.2) is 42.5 Å². The molecule has 112 valence electrons. The molecule has 2 aromatic rings. The van der Waals surface area contributed by atoms with Gasteiger partial charge >= 0.3 is 0 Å². The summed E-state index contributed by atoms with van der Waals surface area (Å²) in [6.07, 6.45) is 0.752. The zero-order chi connectivity index (χ0) is 15.4. The van der Waals surface area contributed by atoms with E-state index >= 15 is 0 Å². The summed E-state index contributed by atoms with van der Waals surface area (Å²) >= 11 is 0. The predicted octanol–water partition coefficient (Wildman–Crippen LogP) is 5.30. The van der Waals surface area contributed by atoms with E-state index in [2.05, 4.69) is 19.2 Å². The highest BCUT2D eigenvalue weighted by Crippen LogP contribution is 2.28. The average molecular weight is 293 g/mol. The van der Waals surface area contributed by atoms with Gasteiger partial charge in [-0.05, 0) is 30.0 Å².